The van der Waals surface area contributed by atoms with Crippen LogP contribution in [0.15, 0.2) is 0 Å². The Kier molecular flexibility index (Phi) is 7.23. The normalized spacial score (nSPS) is 12.2. The molecule has 1 aromatic heterocycles. The predicted octanol–water partition coefficient (Wildman–Crippen LogP) is 2.79. The zero-order valence-corrected chi connectivity index (χ0v) is 14.3. The van der Waals surface area contributed by atoms with E-state index in [1.165, 1.54) is 0 Å². The minimum Gasteiger partial charge on any atom is -0.389 e. The van der Waals surface area contributed by atoms with Gasteiger partial charge >= 0.3 is 0 Å². The molecule has 0 aliphatic rings. The van der Waals surface area contributed by atoms with Gasteiger partial charge in [-0.15, -0.1) is 5.10 Å². The molecule has 0 fully saturated rings. The van der Waals surface area contributed by atoms with Crippen molar-refractivity contribution in [1.29, 1.82) is 0 Å². The molecule has 6 heteroatoms. The fourth-order valence-corrected chi connectivity index (χ4v) is 3.00. The molecular weight excluding hydrogens is 288 g/mol. The van der Waals surface area contributed by atoms with Gasteiger partial charge in [0.2, 0.25) is 0 Å². The molecule has 1 aromatic rings. The Morgan fingerprint density at radius 2 is 2.00 bits per heavy atom. The molecule has 4 nitrogen and oxygen atoms in total. The number of hydrogen-bond acceptors (Lipinski definition) is 5. The third-order valence-corrected chi connectivity index (χ3v) is 4.40. The highest BCUT2D eigenvalue weighted by Crippen LogP contribution is 2.22. The van der Waals surface area contributed by atoms with Crippen LogP contribution in [0.5, 0.6) is 0 Å². The number of anilines is 1. The number of thioether (sulfide) groups is 1. The molecule has 3 N–H and O–H groups in total. The quantitative estimate of drug-likeness (QED) is 0.720. The van der Waals surface area contributed by atoms with Crippen LogP contribution < -0.4 is 11.1 Å². The van der Waals surface area contributed by atoms with Crippen molar-refractivity contribution in [2.24, 2.45) is 5.73 Å². The molecule has 112 valence electrons. The number of thiocarbonyl (C=S) groups is 1. The SMILES string of the molecule is CCSCC(C)Nc1nnc(CC)c(CC)c1C(N)=S. The second kappa shape index (κ2) is 8.42. The summed E-state index contributed by atoms with van der Waals surface area (Å²) in [5, 5.41) is 12.0. The van der Waals surface area contributed by atoms with E-state index in [2.05, 4.69) is 43.2 Å². The van der Waals surface area contributed by atoms with E-state index < -0.39 is 0 Å². The van der Waals surface area contributed by atoms with Crippen LogP contribution in [0.3, 0.4) is 0 Å². The number of aromatic nitrogens is 2. The average molecular weight is 313 g/mol. The Hall–Kier alpha value is -0.880. The largest absolute Gasteiger partial charge is 0.389 e. The summed E-state index contributed by atoms with van der Waals surface area (Å²) in [6.07, 6.45) is 1.70. The first-order valence-electron chi connectivity index (χ1n) is 7.07. The second-order valence-corrected chi connectivity index (χ2v) is 6.38. The van der Waals surface area contributed by atoms with Gasteiger partial charge in [0.25, 0.3) is 0 Å². The Labute approximate surface area is 131 Å². The Balaban J connectivity index is 3.09. The van der Waals surface area contributed by atoms with Gasteiger partial charge in [0.05, 0.1) is 11.3 Å². The summed E-state index contributed by atoms with van der Waals surface area (Å²) in [6, 6.07) is 0.305. The first kappa shape index (κ1) is 17.2. The zero-order chi connectivity index (χ0) is 15.1. The smallest absolute Gasteiger partial charge is 0.159 e. The molecular formula is C14H24N4S2. The first-order chi connectivity index (χ1) is 9.54. The summed E-state index contributed by atoms with van der Waals surface area (Å²) in [5.74, 6) is 2.84. The Morgan fingerprint density at radius 3 is 2.50 bits per heavy atom. The van der Waals surface area contributed by atoms with Crippen LogP contribution in [-0.4, -0.2) is 32.7 Å². The van der Waals surface area contributed by atoms with Crippen molar-refractivity contribution >= 4 is 34.8 Å². The van der Waals surface area contributed by atoms with Gasteiger partial charge in [0.1, 0.15) is 4.99 Å². The lowest BCUT2D eigenvalue weighted by Gasteiger charge is -2.19. The maximum absolute atomic E-state index is 5.91. The van der Waals surface area contributed by atoms with Crippen LogP contribution in [0.1, 0.15) is 44.5 Å². The molecule has 1 rings (SSSR count). The van der Waals surface area contributed by atoms with Crippen LogP contribution >= 0.6 is 24.0 Å². The third kappa shape index (κ3) is 4.31. The highest BCUT2D eigenvalue weighted by Gasteiger charge is 2.17. The van der Waals surface area contributed by atoms with Crippen LogP contribution in [0.4, 0.5) is 5.82 Å². The van der Waals surface area contributed by atoms with Gasteiger partial charge < -0.3 is 11.1 Å². The second-order valence-electron chi connectivity index (χ2n) is 4.63. The van der Waals surface area contributed by atoms with Gasteiger partial charge in [-0.3, -0.25) is 0 Å². The van der Waals surface area contributed by atoms with Gasteiger partial charge in [-0.2, -0.15) is 16.9 Å². The van der Waals surface area contributed by atoms with Gasteiger partial charge in [-0.1, -0.05) is 33.0 Å². The molecule has 0 bridgehead atoms. The molecule has 1 heterocycles. The van der Waals surface area contributed by atoms with Crippen LogP contribution in [0, 0.1) is 0 Å². The van der Waals surface area contributed by atoms with E-state index in [4.69, 9.17) is 18.0 Å². The molecule has 0 amide bonds. The average Bonchev–Trinajstić information content (AvgIpc) is 2.43. The molecule has 0 aromatic carbocycles. The van der Waals surface area contributed by atoms with E-state index in [0.717, 1.165) is 47.0 Å². The summed E-state index contributed by atoms with van der Waals surface area (Å²) in [4.78, 5) is 0.393. The lowest BCUT2D eigenvalue weighted by atomic mass is 10.0. The number of hydrogen-bond donors (Lipinski definition) is 2. The van der Waals surface area contributed by atoms with E-state index in [-0.39, 0.29) is 0 Å². The first-order valence-corrected chi connectivity index (χ1v) is 8.63. The summed E-state index contributed by atoms with van der Waals surface area (Å²) in [6.45, 7) is 8.45. The van der Waals surface area contributed by atoms with Crippen LogP contribution in [0.25, 0.3) is 0 Å². The van der Waals surface area contributed by atoms with E-state index in [9.17, 15) is 0 Å². The van der Waals surface area contributed by atoms with Crippen molar-refractivity contribution in [1.82, 2.24) is 10.2 Å². The maximum atomic E-state index is 5.91. The summed E-state index contributed by atoms with van der Waals surface area (Å²) in [5.41, 5.74) is 8.87. The predicted molar refractivity (Wildman–Crippen MR) is 92.8 cm³/mol. The van der Waals surface area contributed by atoms with E-state index in [1.54, 1.807) is 0 Å². The lowest BCUT2D eigenvalue weighted by Crippen LogP contribution is -2.25. The number of rotatable bonds is 8. The maximum Gasteiger partial charge on any atom is 0.159 e. The third-order valence-electron chi connectivity index (χ3n) is 3.05. The topological polar surface area (TPSA) is 63.8 Å². The van der Waals surface area contributed by atoms with E-state index in [0.29, 0.717) is 11.0 Å². The number of nitrogens with two attached hydrogens (primary N) is 1. The van der Waals surface area contributed by atoms with E-state index in [1.807, 2.05) is 11.8 Å². The molecule has 0 saturated carbocycles. The number of nitrogens with zero attached hydrogens (tertiary/aromatic N) is 2. The molecule has 0 aliphatic carbocycles. The monoisotopic (exact) mass is 312 g/mol. The van der Waals surface area contributed by atoms with Gasteiger partial charge in [0, 0.05) is 11.8 Å². The number of aryl methyl sites for hydroxylation is 1. The summed E-state index contributed by atoms with van der Waals surface area (Å²) >= 11 is 7.11. The Bertz CT molecular complexity index is 463. The minimum absolute atomic E-state index is 0.305. The highest BCUT2D eigenvalue weighted by atomic mass is 32.2. The molecule has 0 aliphatic heterocycles. The van der Waals surface area contributed by atoms with Crippen molar-refractivity contribution in [2.75, 3.05) is 16.8 Å². The van der Waals surface area contributed by atoms with Crippen molar-refractivity contribution < 1.29 is 0 Å². The molecule has 0 saturated heterocycles. The number of nitrogens with one attached hydrogen (secondary N) is 1. The molecule has 1 unspecified atom stereocenters. The summed E-state index contributed by atoms with van der Waals surface area (Å²) in [7, 11) is 0. The van der Waals surface area contributed by atoms with Crippen molar-refractivity contribution in [3.05, 3.63) is 16.8 Å². The standard InChI is InChI=1S/C14H24N4S2/c1-5-10-11(6-2)17-18-14(12(10)13(15)19)16-9(4)8-20-7-3/h9H,5-8H2,1-4H3,(H2,15,19)(H,16,18). The van der Waals surface area contributed by atoms with Crippen molar-refractivity contribution in [3.8, 4) is 0 Å². The van der Waals surface area contributed by atoms with Crippen LogP contribution in [0.2, 0.25) is 0 Å². The summed E-state index contributed by atoms with van der Waals surface area (Å²) < 4.78 is 0. The molecule has 0 spiro atoms. The molecule has 1 atom stereocenters. The van der Waals surface area contributed by atoms with Gasteiger partial charge in [-0.25, -0.2) is 0 Å². The van der Waals surface area contributed by atoms with Crippen molar-refractivity contribution in [3.63, 3.8) is 0 Å². The highest BCUT2D eigenvalue weighted by molar-refractivity contribution is 7.99. The fourth-order valence-electron chi connectivity index (χ4n) is 2.11. The van der Waals surface area contributed by atoms with Gasteiger partial charge in [-0.05, 0) is 31.1 Å². The minimum atomic E-state index is 0.305. The molecule has 20 heavy (non-hydrogen) atoms. The Morgan fingerprint density at radius 1 is 1.30 bits per heavy atom. The van der Waals surface area contributed by atoms with Gasteiger partial charge in [0.15, 0.2) is 5.82 Å². The fraction of sp³-hybridized carbons (Fsp3) is 0.643. The zero-order valence-electron chi connectivity index (χ0n) is 12.7. The molecule has 0 radical (unpaired) electrons. The lowest BCUT2D eigenvalue weighted by molar-refractivity contribution is 0.843. The van der Waals surface area contributed by atoms with Crippen molar-refractivity contribution in [2.45, 2.75) is 46.6 Å². The van der Waals surface area contributed by atoms with Crippen LogP contribution in [-0.2, 0) is 12.8 Å². The van der Waals surface area contributed by atoms with E-state index >= 15 is 0 Å².